The van der Waals surface area contributed by atoms with Crippen LogP contribution < -0.4 is 10.6 Å². The van der Waals surface area contributed by atoms with Crippen molar-refractivity contribution in [2.24, 2.45) is 0 Å². The Hall–Kier alpha value is -2.85. The maximum Gasteiger partial charge on any atom is 0.413 e. The molecule has 1 aromatic heterocycles. The largest absolute Gasteiger partial charge is 0.444 e. The molecule has 3 N–H and O–H groups in total. The van der Waals surface area contributed by atoms with E-state index < -0.39 is 11.7 Å². The molecule has 1 aromatic carbocycles. The number of nitrogens with one attached hydrogen (secondary N) is 3. The fourth-order valence-electron chi connectivity index (χ4n) is 2.07. The number of hydrogen-bond donors (Lipinski definition) is 3. The van der Waals surface area contributed by atoms with Gasteiger partial charge in [0.1, 0.15) is 11.4 Å². The third kappa shape index (κ3) is 5.11. The SMILES string of the molecule is CC(C)(C)OC(=O)Nc1[nH]ncc1CNCc1ccccc1C#N. The molecule has 126 valence electrons. The van der Waals surface area contributed by atoms with Crippen LogP contribution in [0.15, 0.2) is 30.5 Å². The highest BCUT2D eigenvalue weighted by atomic mass is 16.6. The normalized spacial score (nSPS) is 10.9. The highest BCUT2D eigenvalue weighted by molar-refractivity contribution is 5.84. The van der Waals surface area contributed by atoms with Crippen LogP contribution in [-0.4, -0.2) is 21.9 Å². The van der Waals surface area contributed by atoms with E-state index in [1.54, 1.807) is 33.0 Å². The Bertz CT molecular complexity index is 740. The average Bonchev–Trinajstić information content (AvgIpc) is 2.93. The van der Waals surface area contributed by atoms with Gasteiger partial charge in [-0.05, 0) is 32.4 Å². The molecule has 0 atom stereocenters. The number of aromatic amines is 1. The average molecular weight is 327 g/mol. The predicted molar refractivity (Wildman–Crippen MR) is 90.1 cm³/mol. The van der Waals surface area contributed by atoms with Crippen molar-refractivity contribution in [3.63, 3.8) is 0 Å². The van der Waals surface area contributed by atoms with Gasteiger partial charge in [-0.15, -0.1) is 0 Å². The first-order valence-corrected chi connectivity index (χ1v) is 7.60. The number of carbonyl (C=O) groups excluding carboxylic acids is 1. The van der Waals surface area contributed by atoms with E-state index in [9.17, 15) is 4.79 Å². The Morgan fingerprint density at radius 1 is 1.29 bits per heavy atom. The molecule has 2 rings (SSSR count). The predicted octanol–water partition coefficient (Wildman–Crippen LogP) is 2.92. The molecule has 0 saturated carbocycles. The minimum atomic E-state index is -0.566. The maximum atomic E-state index is 11.8. The van der Waals surface area contributed by atoms with Gasteiger partial charge in [0.15, 0.2) is 0 Å². The first-order chi connectivity index (χ1) is 11.4. The number of ether oxygens (including phenoxy) is 1. The molecule has 2 aromatic rings. The molecule has 0 fully saturated rings. The highest BCUT2D eigenvalue weighted by Gasteiger charge is 2.17. The Morgan fingerprint density at radius 3 is 2.71 bits per heavy atom. The van der Waals surface area contributed by atoms with Crippen LogP contribution >= 0.6 is 0 Å². The van der Waals surface area contributed by atoms with Crippen molar-refractivity contribution in [3.8, 4) is 6.07 Å². The summed E-state index contributed by atoms with van der Waals surface area (Å²) in [5, 5.41) is 21.7. The van der Waals surface area contributed by atoms with Crippen molar-refractivity contribution in [1.82, 2.24) is 15.5 Å². The van der Waals surface area contributed by atoms with Gasteiger partial charge in [0.2, 0.25) is 0 Å². The summed E-state index contributed by atoms with van der Waals surface area (Å²) >= 11 is 0. The van der Waals surface area contributed by atoms with E-state index in [1.807, 2.05) is 18.2 Å². The number of hydrogen-bond acceptors (Lipinski definition) is 5. The molecule has 0 spiro atoms. The lowest BCUT2D eigenvalue weighted by molar-refractivity contribution is 0.0635. The summed E-state index contributed by atoms with van der Waals surface area (Å²) in [4.78, 5) is 11.8. The summed E-state index contributed by atoms with van der Waals surface area (Å²) in [6, 6.07) is 9.58. The standard InChI is InChI=1S/C17H21N5O2/c1-17(2,3)24-16(23)21-15-14(11-20-22-15)10-19-9-13-7-5-4-6-12(13)8-18/h4-7,11,19H,9-10H2,1-3H3,(H2,20,21,22,23). The lowest BCUT2D eigenvalue weighted by Gasteiger charge is -2.19. The highest BCUT2D eigenvalue weighted by Crippen LogP contribution is 2.14. The zero-order valence-electron chi connectivity index (χ0n) is 14.0. The minimum absolute atomic E-state index is 0.487. The van der Waals surface area contributed by atoms with E-state index in [1.165, 1.54) is 0 Å². The van der Waals surface area contributed by atoms with Crippen molar-refractivity contribution < 1.29 is 9.53 Å². The quantitative estimate of drug-likeness (QED) is 0.783. The van der Waals surface area contributed by atoms with Crippen molar-refractivity contribution >= 4 is 11.9 Å². The van der Waals surface area contributed by atoms with Crippen LogP contribution in [0.4, 0.5) is 10.6 Å². The second kappa shape index (κ2) is 7.62. The van der Waals surface area contributed by atoms with Gasteiger partial charge in [-0.25, -0.2) is 4.79 Å². The van der Waals surface area contributed by atoms with E-state index in [0.29, 0.717) is 24.5 Å². The van der Waals surface area contributed by atoms with Gasteiger partial charge >= 0.3 is 6.09 Å². The van der Waals surface area contributed by atoms with Crippen molar-refractivity contribution in [2.75, 3.05) is 5.32 Å². The second-order valence-corrected chi connectivity index (χ2v) is 6.27. The van der Waals surface area contributed by atoms with Gasteiger partial charge in [0.05, 0.1) is 17.8 Å². The molecule has 0 aliphatic carbocycles. The van der Waals surface area contributed by atoms with Gasteiger partial charge in [0.25, 0.3) is 0 Å². The van der Waals surface area contributed by atoms with E-state index in [2.05, 4.69) is 26.9 Å². The summed E-state index contributed by atoms with van der Waals surface area (Å²) in [5.74, 6) is 0.491. The fraction of sp³-hybridized carbons (Fsp3) is 0.353. The molecule has 0 bridgehead atoms. The zero-order chi connectivity index (χ0) is 17.6. The lowest BCUT2D eigenvalue weighted by Crippen LogP contribution is -2.27. The van der Waals surface area contributed by atoms with Crippen LogP contribution in [0.25, 0.3) is 0 Å². The Morgan fingerprint density at radius 2 is 2.00 bits per heavy atom. The first kappa shape index (κ1) is 17.5. The van der Waals surface area contributed by atoms with Crippen LogP contribution in [0, 0.1) is 11.3 Å². The second-order valence-electron chi connectivity index (χ2n) is 6.27. The molecule has 0 radical (unpaired) electrons. The molecule has 7 nitrogen and oxygen atoms in total. The van der Waals surface area contributed by atoms with Gasteiger partial charge in [0, 0.05) is 18.7 Å². The van der Waals surface area contributed by atoms with E-state index >= 15 is 0 Å². The number of nitriles is 1. The van der Waals surface area contributed by atoms with Crippen LogP contribution in [0.2, 0.25) is 0 Å². The van der Waals surface area contributed by atoms with Crippen LogP contribution in [0.5, 0.6) is 0 Å². The van der Waals surface area contributed by atoms with Crippen molar-refractivity contribution in [1.29, 1.82) is 5.26 Å². The number of anilines is 1. The Kier molecular flexibility index (Phi) is 5.55. The van der Waals surface area contributed by atoms with E-state index in [0.717, 1.165) is 11.1 Å². The molecule has 0 aliphatic rings. The van der Waals surface area contributed by atoms with Crippen molar-refractivity contribution in [3.05, 3.63) is 47.2 Å². The van der Waals surface area contributed by atoms with Crippen LogP contribution in [-0.2, 0) is 17.8 Å². The maximum absolute atomic E-state index is 11.8. The summed E-state index contributed by atoms with van der Waals surface area (Å²) in [5.41, 5.74) is 1.80. The number of amides is 1. The molecule has 0 unspecified atom stereocenters. The number of H-pyrrole nitrogens is 1. The van der Waals surface area contributed by atoms with E-state index in [-0.39, 0.29) is 0 Å². The summed E-state index contributed by atoms with van der Waals surface area (Å²) in [7, 11) is 0. The molecular weight excluding hydrogens is 306 g/mol. The molecule has 1 heterocycles. The number of nitrogens with zero attached hydrogens (tertiary/aromatic N) is 2. The molecular formula is C17H21N5O2. The molecule has 0 saturated heterocycles. The van der Waals surface area contributed by atoms with Gasteiger partial charge < -0.3 is 10.1 Å². The smallest absolute Gasteiger partial charge is 0.413 e. The zero-order valence-corrected chi connectivity index (χ0v) is 14.0. The summed E-state index contributed by atoms with van der Waals surface area (Å²) in [6.45, 7) is 6.43. The third-order valence-corrected chi connectivity index (χ3v) is 3.11. The van der Waals surface area contributed by atoms with Crippen LogP contribution in [0.1, 0.15) is 37.5 Å². The monoisotopic (exact) mass is 327 g/mol. The Labute approximate surface area is 141 Å². The minimum Gasteiger partial charge on any atom is -0.444 e. The van der Waals surface area contributed by atoms with Gasteiger partial charge in [-0.3, -0.25) is 10.4 Å². The molecule has 1 amide bonds. The van der Waals surface area contributed by atoms with Crippen LogP contribution in [0.3, 0.4) is 0 Å². The summed E-state index contributed by atoms with van der Waals surface area (Å²) in [6.07, 6.45) is 1.10. The Balaban J connectivity index is 1.92. The summed E-state index contributed by atoms with van der Waals surface area (Å²) < 4.78 is 5.22. The number of aromatic nitrogens is 2. The molecule has 7 heteroatoms. The number of benzene rings is 1. The topological polar surface area (TPSA) is 103 Å². The first-order valence-electron chi connectivity index (χ1n) is 7.60. The number of rotatable bonds is 5. The van der Waals surface area contributed by atoms with Gasteiger partial charge in [-0.2, -0.15) is 10.4 Å². The number of carbonyl (C=O) groups is 1. The fourth-order valence-corrected chi connectivity index (χ4v) is 2.07. The van der Waals surface area contributed by atoms with Gasteiger partial charge in [-0.1, -0.05) is 18.2 Å². The van der Waals surface area contributed by atoms with Crippen molar-refractivity contribution in [2.45, 2.75) is 39.5 Å². The van der Waals surface area contributed by atoms with E-state index in [4.69, 9.17) is 10.00 Å². The lowest BCUT2D eigenvalue weighted by atomic mass is 10.1. The molecule has 24 heavy (non-hydrogen) atoms. The molecule has 0 aliphatic heterocycles. The third-order valence-electron chi connectivity index (χ3n) is 3.11.